The highest BCUT2D eigenvalue weighted by Gasteiger charge is 2.32. The molecule has 1 atom stereocenters. The zero-order chi connectivity index (χ0) is 21.3. The van der Waals surface area contributed by atoms with Gasteiger partial charge < -0.3 is 15.2 Å². The highest BCUT2D eigenvalue weighted by Crippen LogP contribution is 2.29. The Morgan fingerprint density at radius 3 is 2.70 bits per heavy atom. The molecule has 6 nitrogen and oxygen atoms in total. The number of nitrogens with one attached hydrogen (secondary N) is 2. The molecule has 1 aliphatic heterocycles. The number of carbonyl (C=O) groups excluding carboxylic acids is 3. The van der Waals surface area contributed by atoms with Crippen molar-refractivity contribution < 1.29 is 18.8 Å². The van der Waals surface area contributed by atoms with Gasteiger partial charge in [0.2, 0.25) is 0 Å². The number of benzene rings is 2. The Bertz CT molecular complexity index is 1130. The lowest BCUT2D eigenvalue weighted by Gasteiger charge is -2.16. The third kappa shape index (κ3) is 3.87. The van der Waals surface area contributed by atoms with Crippen LogP contribution < -0.4 is 5.32 Å². The maximum absolute atomic E-state index is 14.3. The predicted molar refractivity (Wildman–Crippen MR) is 114 cm³/mol. The third-order valence-electron chi connectivity index (χ3n) is 5.33. The molecule has 8 heteroatoms. The van der Waals surface area contributed by atoms with E-state index >= 15 is 0 Å². The lowest BCUT2D eigenvalue weighted by Crippen LogP contribution is -2.36. The summed E-state index contributed by atoms with van der Waals surface area (Å²) in [4.78, 5) is 42.0. The zero-order valence-electron chi connectivity index (χ0n) is 16.0. The van der Waals surface area contributed by atoms with Crippen molar-refractivity contribution in [3.8, 4) is 0 Å². The van der Waals surface area contributed by atoms with Gasteiger partial charge in [-0.3, -0.25) is 14.4 Å². The van der Waals surface area contributed by atoms with Crippen molar-refractivity contribution >= 4 is 44.4 Å². The zero-order valence-corrected chi connectivity index (χ0v) is 17.5. The number of hydrogen-bond donors (Lipinski definition) is 2. The molecule has 0 bridgehead atoms. The minimum atomic E-state index is -0.743. The first-order chi connectivity index (χ1) is 14.5. The van der Waals surface area contributed by atoms with E-state index in [4.69, 9.17) is 0 Å². The summed E-state index contributed by atoms with van der Waals surface area (Å²) in [5.41, 5.74) is 1.04. The summed E-state index contributed by atoms with van der Waals surface area (Å²) in [6, 6.07) is 11.7. The first-order valence-electron chi connectivity index (χ1n) is 9.57. The first-order valence-corrected chi connectivity index (χ1v) is 10.4. The molecule has 2 amide bonds. The number of aromatic amines is 1. The highest BCUT2D eigenvalue weighted by atomic mass is 79.9. The van der Waals surface area contributed by atoms with Gasteiger partial charge in [0.1, 0.15) is 5.82 Å². The summed E-state index contributed by atoms with van der Waals surface area (Å²) >= 11 is 3.31. The molecule has 154 valence electrons. The maximum Gasteiger partial charge on any atom is 0.295 e. The molecule has 2 aromatic carbocycles. The molecule has 1 fully saturated rings. The molecule has 2 heterocycles. The number of hydrogen-bond acceptors (Lipinski definition) is 3. The summed E-state index contributed by atoms with van der Waals surface area (Å²) in [5.74, 6) is -2.08. The molecule has 0 radical (unpaired) electrons. The van der Waals surface area contributed by atoms with Crippen molar-refractivity contribution in [2.24, 2.45) is 5.92 Å². The van der Waals surface area contributed by atoms with Crippen LogP contribution in [0, 0.1) is 11.7 Å². The van der Waals surface area contributed by atoms with E-state index in [9.17, 15) is 18.8 Å². The van der Waals surface area contributed by atoms with E-state index in [1.165, 1.54) is 17.2 Å². The van der Waals surface area contributed by atoms with Crippen LogP contribution in [-0.2, 0) is 4.79 Å². The number of likely N-dealkylation sites (tertiary alicyclic amines) is 1. The van der Waals surface area contributed by atoms with E-state index in [-0.39, 0.29) is 22.8 Å². The van der Waals surface area contributed by atoms with Gasteiger partial charge in [0.05, 0.1) is 11.1 Å². The Morgan fingerprint density at radius 2 is 1.93 bits per heavy atom. The fraction of sp³-hybridized carbons (Fsp3) is 0.227. The SMILES string of the molecule is O=C(NC[C@@H]1CCN(C(=O)C(=O)c2c[nH]c3c(Br)ccc(F)c23)C1)c1ccccc1. The van der Waals surface area contributed by atoms with Crippen LogP contribution >= 0.6 is 15.9 Å². The second-order valence-corrected chi connectivity index (χ2v) is 8.15. The average Bonchev–Trinajstić information content (AvgIpc) is 3.42. The van der Waals surface area contributed by atoms with Crippen LogP contribution in [0.25, 0.3) is 10.9 Å². The number of amides is 2. The number of Topliss-reactive ketones (excluding diaryl/α,β-unsaturated/α-hetero) is 1. The maximum atomic E-state index is 14.3. The second-order valence-electron chi connectivity index (χ2n) is 7.29. The lowest BCUT2D eigenvalue weighted by molar-refractivity contribution is -0.125. The van der Waals surface area contributed by atoms with Crippen LogP contribution in [-0.4, -0.2) is 47.1 Å². The number of nitrogens with zero attached hydrogens (tertiary/aromatic N) is 1. The topological polar surface area (TPSA) is 82.3 Å². The highest BCUT2D eigenvalue weighted by molar-refractivity contribution is 9.10. The number of ketones is 1. The molecule has 0 aliphatic carbocycles. The Balaban J connectivity index is 1.40. The summed E-state index contributed by atoms with van der Waals surface area (Å²) in [5, 5.41) is 2.98. The fourth-order valence-electron chi connectivity index (χ4n) is 3.72. The fourth-order valence-corrected chi connectivity index (χ4v) is 4.17. The van der Waals surface area contributed by atoms with Gasteiger partial charge in [0, 0.05) is 41.3 Å². The molecular weight excluding hydrogens is 453 g/mol. The Labute approximate surface area is 180 Å². The molecule has 0 spiro atoms. The second kappa shape index (κ2) is 8.39. The van der Waals surface area contributed by atoms with Crippen LogP contribution in [0.1, 0.15) is 27.1 Å². The summed E-state index contributed by atoms with van der Waals surface area (Å²) < 4.78 is 14.9. The van der Waals surface area contributed by atoms with E-state index in [2.05, 4.69) is 26.2 Å². The normalized spacial score (nSPS) is 16.1. The number of carbonyl (C=O) groups is 3. The molecular formula is C22H19BrFN3O3. The van der Waals surface area contributed by atoms with Gasteiger partial charge in [-0.25, -0.2) is 4.39 Å². The molecule has 0 unspecified atom stereocenters. The predicted octanol–water partition coefficient (Wildman–Crippen LogP) is 3.53. The third-order valence-corrected chi connectivity index (χ3v) is 5.99. The van der Waals surface area contributed by atoms with Gasteiger partial charge in [0.15, 0.2) is 0 Å². The molecule has 2 N–H and O–H groups in total. The van der Waals surface area contributed by atoms with Crippen molar-refractivity contribution in [2.45, 2.75) is 6.42 Å². The average molecular weight is 472 g/mol. The van der Waals surface area contributed by atoms with Crippen LogP contribution in [0.5, 0.6) is 0 Å². The molecule has 30 heavy (non-hydrogen) atoms. The van der Waals surface area contributed by atoms with Gasteiger partial charge in [0.25, 0.3) is 17.6 Å². The molecule has 4 rings (SSSR count). The summed E-state index contributed by atoms with van der Waals surface area (Å²) in [7, 11) is 0. The molecule has 3 aromatic rings. The van der Waals surface area contributed by atoms with E-state index in [0.29, 0.717) is 41.6 Å². The molecule has 1 aliphatic rings. The Morgan fingerprint density at radius 1 is 1.17 bits per heavy atom. The van der Waals surface area contributed by atoms with Gasteiger partial charge in [-0.05, 0) is 52.5 Å². The monoisotopic (exact) mass is 471 g/mol. The molecule has 0 saturated carbocycles. The van der Waals surface area contributed by atoms with E-state index < -0.39 is 17.5 Å². The smallest absolute Gasteiger partial charge is 0.295 e. The Hall–Kier alpha value is -3.00. The van der Waals surface area contributed by atoms with Crippen LogP contribution in [0.3, 0.4) is 0 Å². The minimum absolute atomic E-state index is 0.0228. The molecule has 1 aromatic heterocycles. The number of rotatable bonds is 5. The first kappa shape index (κ1) is 20.3. The van der Waals surface area contributed by atoms with E-state index in [1.54, 1.807) is 30.3 Å². The van der Waals surface area contributed by atoms with Crippen LogP contribution in [0.15, 0.2) is 53.1 Å². The van der Waals surface area contributed by atoms with Crippen LogP contribution in [0.4, 0.5) is 4.39 Å². The minimum Gasteiger partial charge on any atom is -0.359 e. The summed E-state index contributed by atoms with van der Waals surface area (Å²) in [6.45, 7) is 1.21. The lowest BCUT2D eigenvalue weighted by atomic mass is 10.1. The Kier molecular flexibility index (Phi) is 5.67. The molecule has 1 saturated heterocycles. The quantitative estimate of drug-likeness (QED) is 0.441. The van der Waals surface area contributed by atoms with E-state index in [0.717, 1.165) is 0 Å². The number of H-pyrrole nitrogens is 1. The van der Waals surface area contributed by atoms with E-state index in [1.807, 2.05) is 6.07 Å². The van der Waals surface area contributed by atoms with Crippen molar-refractivity contribution in [3.05, 3.63) is 70.1 Å². The van der Waals surface area contributed by atoms with Crippen molar-refractivity contribution in [1.29, 1.82) is 0 Å². The van der Waals surface area contributed by atoms with Gasteiger partial charge in [-0.15, -0.1) is 0 Å². The van der Waals surface area contributed by atoms with Gasteiger partial charge >= 0.3 is 0 Å². The number of halogens is 2. The number of fused-ring (bicyclic) bond motifs is 1. The largest absolute Gasteiger partial charge is 0.359 e. The summed E-state index contributed by atoms with van der Waals surface area (Å²) in [6.07, 6.45) is 2.05. The van der Waals surface area contributed by atoms with Crippen LogP contribution in [0.2, 0.25) is 0 Å². The standard InChI is InChI=1S/C22H19BrFN3O3/c23-16-6-7-17(24)18-15(11-25-19(16)18)20(28)22(30)27-9-8-13(12-27)10-26-21(29)14-4-2-1-3-5-14/h1-7,11,13,25H,8-10,12H2,(H,26,29)/t13-/m0/s1. The van der Waals surface area contributed by atoms with Gasteiger partial charge in [-0.2, -0.15) is 0 Å². The van der Waals surface area contributed by atoms with Crippen molar-refractivity contribution in [2.75, 3.05) is 19.6 Å². The van der Waals surface area contributed by atoms with Gasteiger partial charge in [-0.1, -0.05) is 18.2 Å². The van der Waals surface area contributed by atoms with Crippen molar-refractivity contribution in [1.82, 2.24) is 15.2 Å². The van der Waals surface area contributed by atoms with Crippen molar-refractivity contribution in [3.63, 3.8) is 0 Å². The number of aromatic nitrogens is 1.